The van der Waals surface area contributed by atoms with Crippen LogP contribution in [-0.4, -0.2) is 112 Å². The highest BCUT2D eigenvalue weighted by atomic mass is 35.5. The average molecular weight is 972 g/mol. The number of amides is 4. The molecule has 3 aromatic carbocycles. The molecule has 362 valence electrons. The monoisotopic (exact) mass is 971 g/mol. The molecule has 4 saturated heterocycles. The Morgan fingerprint density at radius 1 is 0.757 bits per heavy atom. The molecule has 0 aliphatic carbocycles. The van der Waals surface area contributed by atoms with Crippen LogP contribution < -0.4 is 35.3 Å². The van der Waals surface area contributed by atoms with Gasteiger partial charge in [-0.1, -0.05) is 42.8 Å². The number of anilines is 4. The molecule has 19 heteroatoms. The number of carbonyl (C=O) groups excluding carboxylic acids is 3. The average Bonchev–Trinajstić information content (AvgIpc) is 3.90. The Morgan fingerprint density at radius 3 is 2.19 bits per heavy atom. The largest absolute Gasteiger partial charge is 0.401 e. The Morgan fingerprint density at radius 2 is 1.49 bits per heavy atom. The fourth-order valence-corrected chi connectivity index (χ4v) is 10.7. The van der Waals surface area contributed by atoms with E-state index in [2.05, 4.69) is 42.2 Å². The molecule has 4 amide bonds. The lowest BCUT2D eigenvalue weighted by Crippen LogP contribution is -2.53. The molecule has 4 aliphatic rings. The van der Waals surface area contributed by atoms with Gasteiger partial charge in [0.05, 0.1) is 23.5 Å². The van der Waals surface area contributed by atoms with Gasteiger partial charge in [-0.3, -0.25) is 34.6 Å². The number of urea groups is 1. The number of aromatic nitrogens is 5. The number of aryl methyl sites for hydroxylation is 1. The second-order valence-electron chi connectivity index (χ2n) is 17.9. The van der Waals surface area contributed by atoms with Crippen molar-refractivity contribution >= 4 is 52.3 Å². The van der Waals surface area contributed by atoms with Crippen LogP contribution in [0.4, 0.5) is 36.5 Å². The van der Waals surface area contributed by atoms with Crippen LogP contribution in [0.2, 0.25) is 5.02 Å². The van der Waals surface area contributed by atoms with E-state index in [1.807, 2.05) is 55.5 Å². The number of piperazine rings is 1. The molecular weight excluding hydrogens is 920 g/mol. The van der Waals surface area contributed by atoms with E-state index in [0.29, 0.717) is 60.6 Å². The van der Waals surface area contributed by atoms with Crippen LogP contribution in [0.5, 0.6) is 6.01 Å². The number of carbonyl (C=O) groups is 3. The summed E-state index contributed by atoms with van der Waals surface area (Å²) < 4.78 is 33.9. The van der Waals surface area contributed by atoms with Crippen LogP contribution in [0.3, 0.4) is 0 Å². The minimum atomic E-state index is -3.20. The van der Waals surface area contributed by atoms with E-state index >= 15 is 0 Å². The van der Waals surface area contributed by atoms with Crippen molar-refractivity contribution in [2.75, 3.05) is 72.0 Å². The Kier molecular flexibility index (Phi) is 13.1. The zero-order valence-corrected chi connectivity index (χ0v) is 39.6. The molecule has 0 spiro atoms. The van der Waals surface area contributed by atoms with Crippen molar-refractivity contribution in [1.29, 1.82) is 0 Å². The van der Waals surface area contributed by atoms with Crippen LogP contribution in [0.15, 0.2) is 102 Å². The highest BCUT2D eigenvalue weighted by molar-refractivity contribution is 6.32. The number of pyridine rings is 2. The number of rotatable bonds is 12. The zero-order chi connectivity index (χ0) is 48.6. The molecule has 3 aromatic heterocycles. The van der Waals surface area contributed by atoms with Gasteiger partial charge in [0.25, 0.3) is 0 Å². The molecule has 70 heavy (non-hydrogen) atoms. The predicted molar refractivity (Wildman–Crippen MR) is 263 cm³/mol. The molecular formula is C51H52ClF2N11O5. The summed E-state index contributed by atoms with van der Waals surface area (Å²) in [6.45, 7) is 5.03. The molecule has 7 heterocycles. The number of nitrogens with one attached hydrogen (secondary N) is 1. The lowest BCUT2D eigenvalue weighted by molar-refractivity contribution is -0.134. The summed E-state index contributed by atoms with van der Waals surface area (Å²) in [7, 11) is 1.38. The minimum absolute atomic E-state index is 0.203. The van der Waals surface area contributed by atoms with E-state index in [1.54, 1.807) is 46.6 Å². The first kappa shape index (κ1) is 46.5. The molecule has 1 N–H and O–H groups in total. The van der Waals surface area contributed by atoms with Gasteiger partial charge in [0.1, 0.15) is 5.82 Å². The van der Waals surface area contributed by atoms with Crippen LogP contribution in [0.25, 0.3) is 27.9 Å². The first-order chi connectivity index (χ1) is 33.9. The first-order valence-corrected chi connectivity index (χ1v) is 24.0. The summed E-state index contributed by atoms with van der Waals surface area (Å²) in [5, 5.41) is 6.91. The number of benzene rings is 3. The molecule has 0 radical (unpaired) electrons. The molecule has 16 nitrogen and oxygen atoms in total. The molecule has 1 unspecified atom stereocenters. The summed E-state index contributed by atoms with van der Waals surface area (Å²) in [6, 6.07) is 24.8. The maximum absolute atomic E-state index is 13.9. The lowest BCUT2D eigenvalue weighted by Gasteiger charge is -2.44. The molecule has 1 atom stereocenters. The Labute approximate surface area is 408 Å². The maximum atomic E-state index is 13.9. The van der Waals surface area contributed by atoms with Gasteiger partial charge in [-0.05, 0) is 108 Å². The summed E-state index contributed by atoms with van der Waals surface area (Å²) in [4.78, 5) is 71.1. The number of hydrogen-bond acceptors (Lipinski definition) is 11. The normalized spacial score (nSPS) is 18.3. The van der Waals surface area contributed by atoms with Gasteiger partial charge < -0.3 is 14.5 Å². The van der Waals surface area contributed by atoms with Crippen molar-refractivity contribution in [2.45, 2.75) is 57.6 Å². The Hall–Kier alpha value is -7.18. The third kappa shape index (κ3) is 9.08. The van der Waals surface area contributed by atoms with E-state index in [-0.39, 0.29) is 17.8 Å². The van der Waals surface area contributed by atoms with Crippen molar-refractivity contribution in [2.24, 2.45) is 7.05 Å². The number of nitrogens with zero attached hydrogens (tertiary/aromatic N) is 10. The predicted octanol–water partition coefficient (Wildman–Crippen LogP) is 7.27. The van der Waals surface area contributed by atoms with Gasteiger partial charge in [-0.25, -0.2) is 23.8 Å². The quantitative estimate of drug-likeness (QED) is 0.123. The van der Waals surface area contributed by atoms with E-state index < -0.39 is 24.2 Å². The van der Waals surface area contributed by atoms with Gasteiger partial charge >= 0.3 is 24.3 Å². The van der Waals surface area contributed by atoms with Gasteiger partial charge in [0, 0.05) is 106 Å². The Balaban J connectivity index is 0.868. The maximum Gasteiger partial charge on any atom is 0.389 e. The van der Waals surface area contributed by atoms with Crippen LogP contribution >= 0.6 is 11.6 Å². The second kappa shape index (κ2) is 19.7. The van der Waals surface area contributed by atoms with Crippen molar-refractivity contribution in [3.05, 3.63) is 124 Å². The second-order valence-corrected chi connectivity index (χ2v) is 18.3. The summed E-state index contributed by atoms with van der Waals surface area (Å²) in [5.74, 6) is -0.417. The van der Waals surface area contributed by atoms with Crippen molar-refractivity contribution in [3.63, 3.8) is 0 Å². The first-order valence-electron chi connectivity index (χ1n) is 23.7. The van der Waals surface area contributed by atoms with Gasteiger partial charge in [0.15, 0.2) is 0 Å². The highest BCUT2D eigenvalue weighted by Gasteiger charge is 2.35. The molecule has 0 saturated carbocycles. The number of piperidine rings is 2. The Bertz CT molecular complexity index is 2990. The van der Waals surface area contributed by atoms with Crippen LogP contribution in [0, 0.1) is 0 Å². The summed E-state index contributed by atoms with van der Waals surface area (Å²) in [6.07, 6.45) is 8.34. The molecule has 4 fully saturated rings. The summed E-state index contributed by atoms with van der Waals surface area (Å²) >= 11 is 6.72. The lowest BCUT2D eigenvalue weighted by atomic mass is 9.90. The number of ether oxygens (including phenoxy) is 1. The zero-order valence-electron chi connectivity index (χ0n) is 38.8. The van der Waals surface area contributed by atoms with Crippen molar-refractivity contribution in [3.8, 4) is 34.0 Å². The third-order valence-corrected chi connectivity index (χ3v) is 14.4. The number of imide groups is 1. The number of halogens is 3. The smallest absolute Gasteiger partial charge is 0.389 e. The standard InChI is InChI=1S/C51H52ClF2N11O5/c1-3-38-40(16-20-56-46(38)64-28-27-63(51(64)69)37-5-4-19-55-31-37)39-12-11-36(65-49(70-48(53)54)58-59(2)50(65)68)29-43(39)32-6-8-33(9-7-32)60-21-17-34(18-22-60)61-23-25-62(26-24-61)35-10-13-41(44(52)30-35)42-14-15-45(66)57-47(42)67/h4-13,16,19-20,29-31,34,42,48H,3,14-15,17-18,21-28H2,1-2H3,(H,57,66,67). The molecule has 6 aromatic rings. The van der Waals surface area contributed by atoms with Gasteiger partial charge in [-0.15, -0.1) is 5.10 Å². The van der Waals surface area contributed by atoms with E-state index in [9.17, 15) is 28.0 Å². The third-order valence-electron chi connectivity index (χ3n) is 14.1. The van der Waals surface area contributed by atoms with E-state index in [4.69, 9.17) is 21.3 Å². The van der Waals surface area contributed by atoms with Crippen molar-refractivity contribution < 1.29 is 27.9 Å². The fraction of sp³-hybridized carbons (Fsp3) is 0.353. The topological polar surface area (TPSA) is 154 Å². The summed E-state index contributed by atoms with van der Waals surface area (Å²) in [5.41, 5.74) is 7.24. The highest BCUT2D eigenvalue weighted by Crippen LogP contribution is 2.41. The van der Waals surface area contributed by atoms with Crippen LogP contribution in [0.1, 0.15) is 49.7 Å². The molecule has 4 aliphatic heterocycles. The SMILES string of the molecule is CCc1c(-c2ccc(-n3c(OC(F)F)nn(C)c3=O)cc2-c2ccc(N3CCC(N4CCN(c5ccc(C6CCC(=O)NC6=O)c(Cl)c5)CC4)CC3)cc2)ccnc1N1CCN(c2cccnc2)C1=O. The van der Waals surface area contributed by atoms with E-state index in [0.717, 1.165) is 106 Å². The van der Waals surface area contributed by atoms with Gasteiger partial charge in [-0.2, -0.15) is 8.78 Å². The van der Waals surface area contributed by atoms with Crippen molar-refractivity contribution in [1.82, 2.24) is 34.5 Å². The molecule has 0 bridgehead atoms. The number of alkyl halides is 2. The van der Waals surface area contributed by atoms with E-state index in [1.165, 1.54) is 7.05 Å². The van der Waals surface area contributed by atoms with Crippen LogP contribution in [-0.2, 0) is 23.1 Å². The minimum Gasteiger partial charge on any atom is -0.401 e. The van der Waals surface area contributed by atoms with Gasteiger partial charge in [0.2, 0.25) is 11.8 Å². The fourth-order valence-electron chi connectivity index (χ4n) is 10.4. The number of hydrogen-bond donors (Lipinski definition) is 1. The molecule has 10 rings (SSSR count).